The van der Waals surface area contributed by atoms with E-state index in [1.54, 1.807) is 47.4 Å². The Morgan fingerprint density at radius 2 is 1.82 bits per heavy atom. The molecule has 3 amide bonds. The zero-order valence-electron chi connectivity index (χ0n) is 18.2. The number of carbonyl (C=O) groups is 2. The highest BCUT2D eigenvalue weighted by Crippen LogP contribution is 2.46. The van der Waals surface area contributed by atoms with E-state index in [9.17, 15) is 14.7 Å². The topological polar surface area (TPSA) is 85.9 Å². The smallest absolute Gasteiger partial charge is 0.332 e. The second-order valence-corrected chi connectivity index (χ2v) is 8.89. The van der Waals surface area contributed by atoms with E-state index in [1.165, 1.54) is 12.0 Å². The van der Waals surface area contributed by atoms with Crippen LogP contribution in [0.1, 0.15) is 22.9 Å². The Morgan fingerprint density at radius 3 is 2.59 bits per heavy atom. The maximum Gasteiger partial charge on any atom is 0.332 e. The maximum atomic E-state index is 13.8. The summed E-state index contributed by atoms with van der Waals surface area (Å²) in [4.78, 5) is 33.7. The second-order valence-electron chi connectivity index (χ2n) is 8.46. The number of anilines is 1. The van der Waals surface area contributed by atoms with Gasteiger partial charge < -0.3 is 14.8 Å². The number of nitrogens with zero attached hydrogens (tertiary/aromatic N) is 2. The van der Waals surface area contributed by atoms with Gasteiger partial charge in [0.15, 0.2) is 11.5 Å². The standard InChI is InChI=1S/C26H20ClN3O4/c1-34-22-12-14(6-11-21(22)31)24-23-18(17-4-2-3-5-19(17)28-23)13-20-25(32)29(26(33)30(20)24)16-9-7-15(27)8-10-16/h2-12,20,24,28,31H,13H2,1H3/t20-,24+/m0/s1. The number of aromatic amines is 1. The number of fused-ring (bicyclic) bond motifs is 4. The SMILES string of the molecule is COc1cc([C@@H]2c3[nH]c4ccccc4c3C[C@H]3C(=O)N(c4ccc(Cl)cc4)C(=O)N23)ccc1O. The van der Waals surface area contributed by atoms with Crippen LogP contribution in [0.4, 0.5) is 10.5 Å². The lowest BCUT2D eigenvalue weighted by Crippen LogP contribution is -2.44. The van der Waals surface area contributed by atoms with Gasteiger partial charge in [-0.3, -0.25) is 9.69 Å². The first kappa shape index (κ1) is 20.6. The lowest BCUT2D eigenvalue weighted by atomic mass is 9.88. The number of hydrogen-bond acceptors (Lipinski definition) is 4. The normalized spacial score (nSPS) is 19.5. The summed E-state index contributed by atoms with van der Waals surface area (Å²) in [5.41, 5.74) is 4.01. The summed E-state index contributed by atoms with van der Waals surface area (Å²) >= 11 is 6.02. The van der Waals surface area contributed by atoms with E-state index in [4.69, 9.17) is 16.3 Å². The van der Waals surface area contributed by atoms with Crippen molar-refractivity contribution in [1.29, 1.82) is 0 Å². The summed E-state index contributed by atoms with van der Waals surface area (Å²) in [6, 6.07) is 17.9. The zero-order chi connectivity index (χ0) is 23.6. The number of ether oxygens (including phenoxy) is 1. The number of phenols is 1. The molecule has 34 heavy (non-hydrogen) atoms. The molecule has 0 unspecified atom stereocenters. The minimum Gasteiger partial charge on any atom is -0.504 e. The summed E-state index contributed by atoms with van der Waals surface area (Å²) in [6.07, 6.45) is 0.403. The summed E-state index contributed by atoms with van der Waals surface area (Å²) in [5.74, 6) is 0.0194. The Labute approximate surface area is 200 Å². The van der Waals surface area contributed by atoms with Crippen molar-refractivity contribution < 1.29 is 19.4 Å². The fourth-order valence-electron chi connectivity index (χ4n) is 5.11. The molecule has 6 rings (SSSR count). The fraction of sp³-hybridized carbons (Fsp3) is 0.154. The predicted molar refractivity (Wildman–Crippen MR) is 128 cm³/mol. The van der Waals surface area contributed by atoms with Crippen LogP contribution in [0.15, 0.2) is 66.7 Å². The monoisotopic (exact) mass is 473 g/mol. The number of methoxy groups -OCH3 is 1. The van der Waals surface area contributed by atoms with Crippen molar-refractivity contribution >= 4 is 40.1 Å². The van der Waals surface area contributed by atoms with Crippen LogP contribution < -0.4 is 9.64 Å². The third kappa shape index (κ3) is 2.90. The number of hydrogen-bond donors (Lipinski definition) is 2. The average molecular weight is 474 g/mol. The lowest BCUT2D eigenvalue weighted by Gasteiger charge is -2.36. The van der Waals surface area contributed by atoms with Gasteiger partial charge in [-0.05, 0) is 53.6 Å². The third-order valence-corrected chi connectivity index (χ3v) is 6.91. The number of amides is 3. The predicted octanol–water partition coefficient (Wildman–Crippen LogP) is 5.02. The fourth-order valence-corrected chi connectivity index (χ4v) is 5.24. The number of aromatic hydroxyl groups is 1. The molecule has 2 aliphatic heterocycles. The van der Waals surface area contributed by atoms with Gasteiger partial charge in [0.05, 0.1) is 12.8 Å². The Kier molecular flexibility index (Phi) is 4.57. The molecule has 4 aromatic rings. The second kappa shape index (κ2) is 7.53. The van der Waals surface area contributed by atoms with Gasteiger partial charge >= 0.3 is 6.03 Å². The number of phenolic OH excluding ortho intramolecular Hbond substituents is 1. The number of carbonyl (C=O) groups excluding carboxylic acids is 2. The van der Waals surface area contributed by atoms with Gasteiger partial charge in [-0.2, -0.15) is 0 Å². The molecule has 0 aliphatic carbocycles. The molecule has 1 saturated heterocycles. The van der Waals surface area contributed by atoms with Gasteiger partial charge in [0.25, 0.3) is 5.91 Å². The third-order valence-electron chi connectivity index (χ3n) is 6.65. The number of imide groups is 1. The van der Waals surface area contributed by atoms with E-state index in [2.05, 4.69) is 4.98 Å². The molecular formula is C26H20ClN3O4. The van der Waals surface area contributed by atoms with Crippen LogP contribution in [0, 0.1) is 0 Å². The van der Waals surface area contributed by atoms with E-state index in [-0.39, 0.29) is 11.7 Å². The number of para-hydroxylation sites is 1. The quantitative estimate of drug-likeness (QED) is 0.409. The van der Waals surface area contributed by atoms with E-state index in [1.807, 2.05) is 24.3 Å². The van der Waals surface area contributed by atoms with Crippen molar-refractivity contribution in [2.45, 2.75) is 18.5 Å². The molecule has 2 atom stereocenters. The van der Waals surface area contributed by atoms with E-state index < -0.39 is 18.1 Å². The van der Waals surface area contributed by atoms with Gasteiger partial charge in [0.2, 0.25) is 0 Å². The van der Waals surface area contributed by atoms with E-state index in [0.29, 0.717) is 22.9 Å². The number of halogens is 1. The Morgan fingerprint density at radius 1 is 1.06 bits per heavy atom. The van der Waals surface area contributed by atoms with Crippen LogP contribution in [0.5, 0.6) is 11.5 Å². The first-order valence-corrected chi connectivity index (χ1v) is 11.2. The molecule has 0 saturated carbocycles. The maximum absolute atomic E-state index is 13.8. The number of urea groups is 1. The van der Waals surface area contributed by atoms with E-state index >= 15 is 0 Å². The van der Waals surface area contributed by atoms with Gasteiger partial charge in [0, 0.05) is 28.0 Å². The number of nitrogens with one attached hydrogen (secondary N) is 1. The van der Waals surface area contributed by atoms with Crippen LogP contribution in [0.2, 0.25) is 5.02 Å². The summed E-state index contributed by atoms with van der Waals surface area (Å²) in [5, 5.41) is 11.7. The van der Waals surface area contributed by atoms with Gasteiger partial charge in [-0.1, -0.05) is 35.9 Å². The first-order chi connectivity index (χ1) is 16.5. The van der Waals surface area contributed by atoms with Crippen molar-refractivity contribution in [3.05, 3.63) is 88.6 Å². The van der Waals surface area contributed by atoms with Gasteiger partial charge in [0.1, 0.15) is 12.1 Å². The molecule has 0 bridgehead atoms. The summed E-state index contributed by atoms with van der Waals surface area (Å²) in [7, 11) is 1.48. The molecule has 7 nitrogen and oxygen atoms in total. The molecule has 170 valence electrons. The molecule has 3 heterocycles. The highest BCUT2D eigenvalue weighted by molar-refractivity contribution is 6.30. The van der Waals surface area contributed by atoms with Crippen LogP contribution in [-0.2, 0) is 11.2 Å². The highest BCUT2D eigenvalue weighted by Gasteiger charge is 2.53. The van der Waals surface area contributed by atoms with Gasteiger partial charge in [-0.25, -0.2) is 9.69 Å². The lowest BCUT2D eigenvalue weighted by molar-refractivity contribution is -0.120. The first-order valence-electron chi connectivity index (χ1n) is 10.9. The molecule has 1 fully saturated rings. The van der Waals surface area contributed by atoms with Crippen molar-refractivity contribution in [2.24, 2.45) is 0 Å². The molecule has 1 aromatic heterocycles. The molecule has 0 spiro atoms. The van der Waals surface area contributed by atoms with Crippen molar-refractivity contribution in [3.8, 4) is 11.5 Å². The minimum absolute atomic E-state index is 0.00194. The molecule has 3 aromatic carbocycles. The van der Waals surface area contributed by atoms with Crippen molar-refractivity contribution in [1.82, 2.24) is 9.88 Å². The molecule has 2 N–H and O–H groups in total. The summed E-state index contributed by atoms with van der Waals surface area (Å²) in [6.45, 7) is 0. The average Bonchev–Trinajstić information content (AvgIpc) is 3.34. The molecule has 8 heteroatoms. The van der Waals surface area contributed by atoms with Crippen LogP contribution in [0.3, 0.4) is 0 Å². The van der Waals surface area contributed by atoms with Crippen molar-refractivity contribution in [3.63, 3.8) is 0 Å². The Balaban J connectivity index is 1.55. The molecular weight excluding hydrogens is 454 g/mol. The largest absolute Gasteiger partial charge is 0.504 e. The minimum atomic E-state index is -0.667. The van der Waals surface area contributed by atoms with Crippen LogP contribution in [0.25, 0.3) is 10.9 Å². The Bertz CT molecular complexity index is 1460. The summed E-state index contributed by atoms with van der Waals surface area (Å²) < 4.78 is 5.33. The van der Waals surface area contributed by atoms with Gasteiger partial charge in [-0.15, -0.1) is 0 Å². The number of aromatic nitrogens is 1. The van der Waals surface area contributed by atoms with Crippen LogP contribution in [-0.4, -0.2) is 40.1 Å². The van der Waals surface area contributed by atoms with Crippen LogP contribution >= 0.6 is 11.6 Å². The number of benzene rings is 3. The number of rotatable bonds is 3. The van der Waals surface area contributed by atoms with Crippen molar-refractivity contribution in [2.75, 3.05) is 12.0 Å². The zero-order valence-corrected chi connectivity index (χ0v) is 18.9. The highest BCUT2D eigenvalue weighted by atomic mass is 35.5. The number of H-pyrrole nitrogens is 1. The van der Waals surface area contributed by atoms with E-state index in [0.717, 1.165) is 27.7 Å². The Hall–Kier alpha value is -3.97. The molecule has 0 radical (unpaired) electrons. The molecule has 2 aliphatic rings.